The summed E-state index contributed by atoms with van der Waals surface area (Å²) in [5.41, 5.74) is 6.28. The van der Waals surface area contributed by atoms with Crippen LogP contribution in [0.5, 0.6) is 11.5 Å². The summed E-state index contributed by atoms with van der Waals surface area (Å²) < 4.78 is 21.0. The minimum absolute atomic E-state index is 0.132. The van der Waals surface area contributed by atoms with E-state index in [1.807, 2.05) is 12.1 Å². The van der Waals surface area contributed by atoms with Crippen LogP contribution in [0.1, 0.15) is 0 Å². The van der Waals surface area contributed by atoms with E-state index in [1.54, 1.807) is 26.5 Å². The number of hydrogen-bond donors (Lipinski definition) is 1. The van der Waals surface area contributed by atoms with Crippen LogP contribution in [0.25, 0.3) is 11.3 Å². The fraction of sp³-hybridized carbons (Fsp3) is 0.308. The van der Waals surface area contributed by atoms with Crippen molar-refractivity contribution in [2.75, 3.05) is 33.2 Å². The topological polar surface area (TPSA) is 79.7 Å². The van der Waals surface area contributed by atoms with E-state index < -0.39 is 0 Å². The minimum Gasteiger partial charge on any atom is -0.493 e. The molecule has 1 aromatic carbocycles. The fourth-order valence-electron chi connectivity index (χ4n) is 1.60. The predicted octanol–water partition coefficient (Wildman–Crippen LogP) is 1.96. The van der Waals surface area contributed by atoms with Crippen LogP contribution in [0.15, 0.2) is 28.8 Å². The zero-order chi connectivity index (χ0) is 13.7. The largest absolute Gasteiger partial charge is 0.493 e. The predicted molar refractivity (Wildman–Crippen MR) is 70.3 cm³/mol. The zero-order valence-electron chi connectivity index (χ0n) is 10.9. The molecule has 0 spiro atoms. The first-order valence-corrected chi connectivity index (χ1v) is 5.76. The van der Waals surface area contributed by atoms with Crippen LogP contribution in [0.2, 0.25) is 0 Å². The van der Waals surface area contributed by atoms with Gasteiger partial charge in [-0.05, 0) is 18.2 Å². The number of hydrogen-bond acceptors (Lipinski definition) is 6. The van der Waals surface area contributed by atoms with E-state index in [2.05, 4.69) is 4.98 Å². The molecule has 1 aromatic heterocycles. The van der Waals surface area contributed by atoms with Gasteiger partial charge in [-0.25, -0.2) is 4.98 Å². The molecular formula is C13H16N2O4. The smallest absolute Gasteiger partial charge is 0.292 e. The van der Waals surface area contributed by atoms with Crippen LogP contribution < -0.4 is 15.2 Å². The molecule has 102 valence electrons. The van der Waals surface area contributed by atoms with E-state index in [0.717, 1.165) is 5.56 Å². The Morgan fingerprint density at radius 1 is 1.21 bits per heavy atom. The van der Waals surface area contributed by atoms with E-state index in [0.29, 0.717) is 30.5 Å². The van der Waals surface area contributed by atoms with Crippen molar-refractivity contribution < 1.29 is 18.6 Å². The first kappa shape index (κ1) is 13.2. The molecule has 0 atom stereocenters. The van der Waals surface area contributed by atoms with Crippen molar-refractivity contribution in [2.24, 2.45) is 0 Å². The Bertz CT molecular complexity index is 539. The number of nitrogens with two attached hydrogens (primary N) is 1. The molecule has 2 aromatic rings. The van der Waals surface area contributed by atoms with Crippen molar-refractivity contribution in [2.45, 2.75) is 0 Å². The Kier molecular flexibility index (Phi) is 4.25. The molecule has 0 saturated carbocycles. The highest BCUT2D eigenvalue weighted by molar-refractivity contribution is 5.62. The molecule has 2 rings (SSSR count). The van der Waals surface area contributed by atoms with Crippen LogP contribution in [0.4, 0.5) is 6.01 Å². The number of methoxy groups -OCH3 is 2. The number of nitrogen functional groups attached to an aromatic ring is 1. The van der Waals surface area contributed by atoms with Gasteiger partial charge in [-0.2, -0.15) is 0 Å². The van der Waals surface area contributed by atoms with Crippen molar-refractivity contribution in [3.8, 4) is 22.8 Å². The van der Waals surface area contributed by atoms with E-state index in [1.165, 1.54) is 0 Å². The normalized spacial score (nSPS) is 10.4. The second-order valence-corrected chi connectivity index (χ2v) is 3.77. The number of benzene rings is 1. The molecule has 0 unspecified atom stereocenters. The van der Waals surface area contributed by atoms with Gasteiger partial charge in [0.1, 0.15) is 6.61 Å². The summed E-state index contributed by atoms with van der Waals surface area (Å²) in [6, 6.07) is 5.60. The summed E-state index contributed by atoms with van der Waals surface area (Å²) in [7, 11) is 3.21. The minimum atomic E-state index is 0.132. The van der Waals surface area contributed by atoms with Gasteiger partial charge in [0, 0.05) is 12.7 Å². The van der Waals surface area contributed by atoms with Gasteiger partial charge in [0.25, 0.3) is 6.01 Å². The van der Waals surface area contributed by atoms with Gasteiger partial charge in [0.2, 0.25) is 0 Å². The molecule has 0 aliphatic rings. The number of anilines is 1. The van der Waals surface area contributed by atoms with Crippen molar-refractivity contribution in [3.05, 3.63) is 24.4 Å². The highest BCUT2D eigenvalue weighted by Crippen LogP contribution is 2.33. The summed E-state index contributed by atoms with van der Waals surface area (Å²) in [5.74, 6) is 1.84. The van der Waals surface area contributed by atoms with Gasteiger partial charge < -0.3 is 24.4 Å². The highest BCUT2D eigenvalue weighted by atomic mass is 16.5. The van der Waals surface area contributed by atoms with Crippen LogP contribution in [-0.4, -0.2) is 32.4 Å². The van der Waals surface area contributed by atoms with Gasteiger partial charge in [-0.15, -0.1) is 0 Å². The molecule has 1 heterocycles. The number of nitrogens with zero attached hydrogens (tertiary/aromatic N) is 1. The quantitative estimate of drug-likeness (QED) is 0.803. The third kappa shape index (κ3) is 3.17. The Labute approximate surface area is 111 Å². The van der Waals surface area contributed by atoms with Crippen LogP contribution in [0.3, 0.4) is 0 Å². The number of rotatable bonds is 6. The standard InChI is InChI=1S/C13H16N2O4/c1-16-5-6-18-11-7-9(3-4-10(11)17-2)12-8-15-13(14)19-12/h3-4,7-8H,5-6H2,1-2H3,(H2,14,15). The molecular weight excluding hydrogens is 248 g/mol. The number of ether oxygens (including phenoxy) is 3. The first-order chi connectivity index (χ1) is 9.24. The lowest BCUT2D eigenvalue weighted by Gasteiger charge is -2.11. The van der Waals surface area contributed by atoms with Gasteiger partial charge in [-0.1, -0.05) is 0 Å². The average Bonchev–Trinajstić information content (AvgIpc) is 2.85. The lowest BCUT2D eigenvalue weighted by Crippen LogP contribution is -2.05. The molecule has 0 amide bonds. The molecule has 2 N–H and O–H groups in total. The Hall–Kier alpha value is -2.21. The summed E-state index contributed by atoms with van der Waals surface area (Å²) in [5, 5.41) is 0. The monoisotopic (exact) mass is 264 g/mol. The maximum atomic E-state index is 5.59. The average molecular weight is 264 g/mol. The van der Waals surface area contributed by atoms with E-state index in [-0.39, 0.29) is 6.01 Å². The van der Waals surface area contributed by atoms with E-state index >= 15 is 0 Å². The molecule has 6 nitrogen and oxygen atoms in total. The Morgan fingerprint density at radius 2 is 2.05 bits per heavy atom. The highest BCUT2D eigenvalue weighted by Gasteiger charge is 2.10. The summed E-state index contributed by atoms with van der Waals surface area (Å²) in [4.78, 5) is 3.86. The maximum Gasteiger partial charge on any atom is 0.292 e. The molecule has 0 aliphatic carbocycles. The first-order valence-electron chi connectivity index (χ1n) is 5.76. The second-order valence-electron chi connectivity index (χ2n) is 3.77. The van der Waals surface area contributed by atoms with Crippen LogP contribution in [-0.2, 0) is 4.74 Å². The van der Waals surface area contributed by atoms with Crippen molar-refractivity contribution in [1.29, 1.82) is 0 Å². The van der Waals surface area contributed by atoms with Gasteiger partial charge in [-0.3, -0.25) is 0 Å². The fourth-order valence-corrected chi connectivity index (χ4v) is 1.60. The summed E-state index contributed by atoms with van der Waals surface area (Å²) in [6.45, 7) is 0.942. The van der Waals surface area contributed by atoms with Gasteiger partial charge >= 0.3 is 0 Å². The zero-order valence-corrected chi connectivity index (χ0v) is 10.9. The summed E-state index contributed by atoms with van der Waals surface area (Å²) >= 11 is 0. The Morgan fingerprint density at radius 3 is 2.68 bits per heavy atom. The van der Waals surface area contributed by atoms with Crippen molar-refractivity contribution in [1.82, 2.24) is 4.98 Å². The third-order valence-corrected chi connectivity index (χ3v) is 2.52. The molecule has 6 heteroatoms. The maximum absolute atomic E-state index is 5.59. The summed E-state index contributed by atoms with van der Waals surface area (Å²) in [6.07, 6.45) is 1.57. The number of aromatic nitrogens is 1. The lowest BCUT2D eigenvalue weighted by molar-refractivity contribution is 0.144. The van der Waals surface area contributed by atoms with Crippen molar-refractivity contribution in [3.63, 3.8) is 0 Å². The van der Waals surface area contributed by atoms with Gasteiger partial charge in [0.15, 0.2) is 17.3 Å². The molecule has 0 radical (unpaired) electrons. The van der Waals surface area contributed by atoms with E-state index in [9.17, 15) is 0 Å². The van der Waals surface area contributed by atoms with E-state index in [4.69, 9.17) is 24.4 Å². The second kappa shape index (κ2) is 6.10. The molecule has 0 fully saturated rings. The third-order valence-electron chi connectivity index (χ3n) is 2.52. The van der Waals surface area contributed by atoms with Crippen molar-refractivity contribution >= 4 is 6.01 Å². The Balaban J connectivity index is 2.24. The van der Waals surface area contributed by atoms with Crippen LogP contribution >= 0.6 is 0 Å². The SMILES string of the molecule is COCCOc1cc(-c2cnc(N)o2)ccc1OC. The molecule has 0 saturated heterocycles. The van der Waals surface area contributed by atoms with Crippen LogP contribution in [0, 0.1) is 0 Å². The lowest BCUT2D eigenvalue weighted by atomic mass is 10.1. The van der Waals surface area contributed by atoms with Gasteiger partial charge in [0.05, 0.1) is 19.9 Å². The number of oxazole rings is 1. The molecule has 0 aliphatic heterocycles. The molecule has 19 heavy (non-hydrogen) atoms. The molecule has 0 bridgehead atoms.